The van der Waals surface area contributed by atoms with E-state index in [2.05, 4.69) is 4.90 Å². The van der Waals surface area contributed by atoms with Crippen molar-refractivity contribution in [1.82, 2.24) is 9.80 Å². The molecule has 0 spiro atoms. The van der Waals surface area contributed by atoms with E-state index in [0.717, 1.165) is 32.4 Å². The zero-order valence-electron chi connectivity index (χ0n) is 12.7. The van der Waals surface area contributed by atoms with Crippen LogP contribution in [-0.2, 0) is 4.79 Å². The zero-order valence-corrected chi connectivity index (χ0v) is 12.7. The lowest BCUT2D eigenvalue weighted by atomic mass is 10.2. The predicted molar refractivity (Wildman–Crippen MR) is 79.8 cm³/mol. The van der Waals surface area contributed by atoms with Crippen molar-refractivity contribution in [2.75, 3.05) is 33.8 Å². The molecule has 0 N–H and O–H groups in total. The van der Waals surface area contributed by atoms with E-state index < -0.39 is 0 Å². The Kier molecular flexibility index (Phi) is 5.56. The SMILES string of the molecule is CN(C)C(=O)[C@H]1CCCN1CCCOc1ccc(F)cc1. The van der Waals surface area contributed by atoms with Gasteiger partial charge in [0.05, 0.1) is 12.6 Å². The summed E-state index contributed by atoms with van der Waals surface area (Å²) in [5.74, 6) is 0.607. The molecule has 1 amide bonds. The molecular formula is C16H23FN2O2. The molecule has 1 atom stereocenters. The summed E-state index contributed by atoms with van der Waals surface area (Å²) in [6.07, 6.45) is 2.87. The summed E-state index contributed by atoms with van der Waals surface area (Å²) in [6.45, 7) is 2.40. The van der Waals surface area contributed by atoms with Gasteiger partial charge in [-0.15, -0.1) is 0 Å². The third kappa shape index (κ3) is 4.43. The summed E-state index contributed by atoms with van der Waals surface area (Å²) in [5, 5.41) is 0. The first kappa shape index (κ1) is 15.8. The Labute approximate surface area is 125 Å². The normalized spacial score (nSPS) is 18.7. The first-order valence-corrected chi connectivity index (χ1v) is 7.41. The van der Waals surface area contributed by atoms with Crippen LogP contribution < -0.4 is 4.74 Å². The van der Waals surface area contributed by atoms with Gasteiger partial charge in [-0.1, -0.05) is 0 Å². The van der Waals surface area contributed by atoms with Crippen molar-refractivity contribution in [2.24, 2.45) is 0 Å². The number of carbonyl (C=O) groups excluding carboxylic acids is 1. The van der Waals surface area contributed by atoms with Crippen molar-refractivity contribution in [3.05, 3.63) is 30.1 Å². The first-order chi connectivity index (χ1) is 10.1. The maximum atomic E-state index is 12.8. The molecule has 4 nitrogen and oxygen atoms in total. The third-order valence-corrected chi connectivity index (χ3v) is 3.76. The lowest BCUT2D eigenvalue weighted by Gasteiger charge is -2.25. The molecule has 0 bridgehead atoms. The maximum Gasteiger partial charge on any atom is 0.239 e. The van der Waals surface area contributed by atoms with Gasteiger partial charge in [-0.05, 0) is 50.1 Å². The summed E-state index contributed by atoms with van der Waals surface area (Å²) in [6, 6.07) is 6.06. The van der Waals surface area contributed by atoms with Gasteiger partial charge < -0.3 is 9.64 Å². The van der Waals surface area contributed by atoms with Gasteiger partial charge in [0, 0.05) is 20.6 Å². The minimum atomic E-state index is -0.260. The molecule has 0 aromatic heterocycles. The molecule has 0 radical (unpaired) electrons. The average molecular weight is 294 g/mol. The highest BCUT2D eigenvalue weighted by Crippen LogP contribution is 2.19. The number of carbonyl (C=O) groups is 1. The van der Waals surface area contributed by atoms with Crippen molar-refractivity contribution in [2.45, 2.75) is 25.3 Å². The van der Waals surface area contributed by atoms with E-state index in [-0.39, 0.29) is 17.8 Å². The summed E-state index contributed by atoms with van der Waals surface area (Å²) in [4.78, 5) is 16.0. The second-order valence-corrected chi connectivity index (χ2v) is 5.58. The van der Waals surface area contributed by atoms with E-state index in [0.29, 0.717) is 12.4 Å². The van der Waals surface area contributed by atoms with Crippen molar-refractivity contribution < 1.29 is 13.9 Å². The zero-order chi connectivity index (χ0) is 15.2. The second-order valence-electron chi connectivity index (χ2n) is 5.58. The quantitative estimate of drug-likeness (QED) is 0.754. The van der Waals surface area contributed by atoms with E-state index in [1.807, 2.05) is 0 Å². The molecule has 1 aliphatic rings. The molecule has 1 fully saturated rings. The highest BCUT2D eigenvalue weighted by molar-refractivity contribution is 5.81. The van der Waals surface area contributed by atoms with Crippen LogP contribution in [0.3, 0.4) is 0 Å². The fraction of sp³-hybridized carbons (Fsp3) is 0.562. The van der Waals surface area contributed by atoms with Gasteiger partial charge in [0.1, 0.15) is 11.6 Å². The maximum absolute atomic E-state index is 12.8. The minimum Gasteiger partial charge on any atom is -0.494 e. The Morgan fingerprint density at radius 3 is 2.76 bits per heavy atom. The van der Waals surface area contributed by atoms with Crippen molar-refractivity contribution in [1.29, 1.82) is 0 Å². The number of benzene rings is 1. The number of ether oxygens (including phenoxy) is 1. The number of hydrogen-bond donors (Lipinski definition) is 0. The molecule has 1 aromatic rings. The molecule has 1 saturated heterocycles. The number of rotatable bonds is 6. The van der Waals surface area contributed by atoms with Crippen LogP contribution in [-0.4, -0.2) is 55.5 Å². The predicted octanol–water partition coefficient (Wildman–Crippen LogP) is 2.15. The molecule has 0 aliphatic carbocycles. The van der Waals surface area contributed by atoms with Gasteiger partial charge >= 0.3 is 0 Å². The fourth-order valence-electron chi connectivity index (χ4n) is 2.66. The molecule has 0 saturated carbocycles. The van der Waals surface area contributed by atoms with E-state index >= 15 is 0 Å². The van der Waals surface area contributed by atoms with Gasteiger partial charge in [-0.25, -0.2) is 4.39 Å². The van der Waals surface area contributed by atoms with Crippen LogP contribution in [0.15, 0.2) is 24.3 Å². The molecule has 21 heavy (non-hydrogen) atoms. The standard InChI is InChI=1S/C16H23FN2O2/c1-18(2)16(20)15-5-3-10-19(15)11-4-12-21-14-8-6-13(17)7-9-14/h6-9,15H,3-5,10-12H2,1-2H3/t15-/m1/s1. The Morgan fingerprint density at radius 2 is 2.10 bits per heavy atom. The highest BCUT2D eigenvalue weighted by Gasteiger charge is 2.30. The number of likely N-dealkylation sites (N-methyl/N-ethyl adjacent to an activating group) is 1. The number of amides is 1. The highest BCUT2D eigenvalue weighted by atomic mass is 19.1. The summed E-state index contributed by atoms with van der Waals surface area (Å²) in [5.41, 5.74) is 0. The Hall–Kier alpha value is -1.62. The van der Waals surface area contributed by atoms with Gasteiger partial charge in [0.15, 0.2) is 0 Å². The van der Waals surface area contributed by atoms with Crippen molar-refractivity contribution in [3.63, 3.8) is 0 Å². The third-order valence-electron chi connectivity index (χ3n) is 3.76. The molecule has 5 heteroatoms. The largest absolute Gasteiger partial charge is 0.494 e. The van der Waals surface area contributed by atoms with Gasteiger partial charge in [0.2, 0.25) is 5.91 Å². The summed E-state index contributed by atoms with van der Waals surface area (Å²) < 4.78 is 18.3. The van der Waals surface area contributed by atoms with Gasteiger partial charge in [-0.2, -0.15) is 0 Å². The second kappa shape index (κ2) is 7.41. The van der Waals surface area contributed by atoms with Crippen molar-refractivity contribution >= 4 is 5.91 Å². The van der Waals surface area contributed by atoms with Crippen LogP contribution in [0.2, 0.25) is 0 Å². The lowest BCUT2D eigenvalue weighted by molar-refractivity contribution is -0.133. The Morgan fingerprint density at radius 1 is 1.38 bits per heavy atom. The topological polar surface area (TPSA) is 32.8 Å². The number of nitrogens with zero attached hydrogens (tertiary/aromatic N) is 2. The molecule has 0 unspecified atom stereocenters. The van der Waals surface area contributed by atoms with Crippen LogP contribution in [0.1, 0.15) is 19.3 Å². The number of likely N-dealkylation sites (tertiary alicyclic amines) is 1. The van der Waals surface area contributed by atoms with Gasteiger partial charge in [0.25, 0.3) is 0 Å². The van der Waals surface area contributed by atoms with E-state index in [1.165, 1.54) is 12.1 Å². The molecular weight excluding hydrogens is 271 g/mol. The number of halogens is 1. The Balaban J connectivity index is 1.72. The first-order valence-electron chi connectivity index (χ1n) is 7.41. The van der Waals surface area contributed by atoms with E-state index in [9.17, 15) is 9.18 Å². The van der Waals surface area contributed by atoms with Crippen molar-refractivity contribution in [3.8, 4) is 5.75 Å². The molecule has 1 aliphatic heterocycles. The fourth-order valence-corrected chi connectivity index (χ4v) is 2.66. The van der Waals surface area contributed by atoms with Crippen LogP contribution in [0.5, 0.6) is 5.75 Å². The van der Waals surface area contributed by atoms with Crippen LogP contribution >= 0.6 is 0 Å². The monoisotopic (exact) mass is 294 g/mol. The summed E-state index contributed by atoms with van der Waals surface area (Å²) >= 11 is 0. The lowest BCUT2D eigenvalue weighted by Crippen LogP contribution is -2.43. The van der Waals surface area contributed by atoms with E-state index in [1.54, 1.807) is 31.1 Å². The van der Waals surface area contributed by atoms with Crippen LogP contribution in [0, 0.1) is 5.82 Å². The molecule has 116 valence electrons. The number of hydrogen-bond acceptors (Lipinski definition) is 3. The summed E-state index contributed by atoms with van der Waals surface area (Å²) in [7, 11) is 3.60. The average Bonchev–Trinajstić information content (AvgIpc) is 2.93. The van der Waals surface area contributed by atoms with Gasteiger partial charge in [-0.3, -0.25) is 9.69 Å². The van der Waals surface area contributed by atoms with Crippen LogP contribution in [0.4, 0.5) is 4.39 Å². The molecule has 1 heterocycles. The minimum absolute atomic E-state index is 0.0193. The smallest absolute Gasteiger partial charge is 0.239 e. The molecule has 1 aromatic carbocycles. The molecule has 2 rings (SSSR count). The van der Waals surface area contributed by atoms with E-state index in [4.69, 9.17) is 4.74 Å². The Bertz CT molecular complexity index is 462. The van der Waals surface area contributed by atoms with Crippen LogP contribution in [0.25, 0.3) is 0 Å².